The fraction of sp³-hybridized carbons (Fsp3) is 0.357. The van der Waals surface area contributed by atoms with Crippen LogP contribution in [0.25, 0.3) is 0 Å². The number of aliphatic hydroxyl groups excluding tert-OH is 1. The second-order valence-electron chi connectivity index (χ2n) is 4.29. The molecule has 3 N–H and O–H groups in total. The van der Waals surface area contributed by atoms with Crippen LogP contribution in [0.15, 0.2) is 18.5 Å². The van der Waals surface area contributed by atoms with Crippen LogP contribution in [-0.2, 0) is 4.79 Å². The Morgan fingerprint density at radius 1 is 1.45 bits per heavy atom. The smallest absolute Gasteiger partial charge is 0.253 e. The summed E-state index contributed by atoms with van der Waals surface area (Å²) >= 11 is 0. The van der Waals surface area contributed by atoms with Gasteiger partial charge in [-0.15, -0.1) is 0 Å². The van der Waals surface area contributed by atoms with Crippen molar-refractivity contribution in [1.29, 1.82) is 0 Å². The van der Waals surface area contributed by atoms with E-state index in [0.717, 1.165) is 0 Å². The zero-order valence-electron chi connectivity index (χ0n) is 11.4. The highest BCUT2D eigenvalue weighted by molar-refractivity contribution is 5.98. The lowest BCUT2D eigenvalue weighted by molar-refractivity contribution is -0.120. The van der Waals surface area contributed by atoms with Crippen LogP contribution in [0.5, 0.6) is 0 Å². The lowest BCUT2D eigenvalue weighted by atomic mass is 10.1. The van der Waals surface area contributed by atoms with Crippen LogP contribution >= 0.6 is 0 Å². The van der Waals surface area contributed by atoms with Gasteiger partial charge in [0, 0.05) is 18.4 Å². The van der Waals surface area contributed by atoms with Gasteiger partial charge >= 0.3 is 0 Å². The first-order valence-corrected chi connectivity index (χ1v) is 6.16. The van der Waals surface area contributed by atoms with E-state index in [4.69, 9.17) is 5.11 Å². The van der Waals surface area contributed by atoms with E-state index < -0.39 is 5.91 Å². The highest BCUT2D eigenvalue weighted by Gasteiger charge is 2.11. The topological polar surface area (TPSA) is 91.3 Å². The number of pyridine rings is 1. The van der Waals surface area contributed by atoms with Gasteiger partial charge in [-0.1, -0.05) is 11.8 Å². The van der Waals surface area contributed by atoms with Crippen LogP contribution in [0.1, 0.15) is 29.8 Å². The molecular weight excluding hydrogens is 258 g/mol. The van der Waals surface area contributed by atoms with Crippen molar-refractivity contribution in [1.82, 2.24) is 15.6 Å². The van der Waals surface area contributed by atoms with E-state index in [1.54, 1.807) is 0 Å². The quantitative estimate of drug-likeness (QED) is 0.657. The van der Waals surface area contributed by atoms with Crippen molar-refractivity contribution in [3.8, 4) is 11.8 Å². The minimum Gasteiger partial charge on any atom is -0.384 e. The summed E-state index contributed by atoms with van der Waals surface area (Å²) in [6, 6.07) is 1.53. The third-order valence-electron chi connectivity index (χ3n) is 2.23. The second-order valence-corrected chi connectivity index (χ2v) is 4.29. The summed E-state index contributed by atoms with van der Waals surface area (Å²) in [5.41, 5.74) is 0.724. The largest absolute Gasteiger partial charge is 0.384 e. The van der Waals surface area contributed by atoms with Crippen molar-refractivity contribution in [3.05, 3.63) is 29.6 Å². The maximum Gasteiger partial charge on any atom is 0.253 e. The highest BCUT2D eigenvalue weighted by atomic mass is 16.2. The van der Waals surface area contributed by atoms with Gasteiger partial charge in [-0.25, -0.2) is 0 Å². The van der Waals surface area contributed by atoms with Crippen molar-refractivity contribution in [2.75, 3.05) is 13.2 Å². The molecule has 20 heavy (non-hydrogen) atoms. The molecule has 0 atom stereocenters. The Kier molecular flexibility index (Phi) is 6.20. The molecule has 6 nitrogen and oxygen atoms in total. The van der Waals surface area contributed by atoms with Gasteiger partial charge in [-0.3, -0.25) is 14.6 Å². The number of carbonyl (C=O) groups is 2. The molecule has 2 amide bonds. The SMILES string of the molecule is CC(C)NC(=O)CNC(=O)c1ccncc1C#CCO. The molecule has 0 saturated heterocycles. The minimum absolute atomic E-state index is 0.0197. The van der Waals surface area contributed by atoms with E-state index in [2.05, 4.69) is 27.5 Å². The highest BCUT2D eigenvalue weighted by Crippen LogP contribution is 2.04. The normalized spacial score (nSPS) is 9.60. The molecule has 0 aliphatic rings. The van der Waals surface area contributed by atoms with Gasteiger partial charge in [0.05, 0.1) is 17.7 Å². The van der Waals surface area contributed by atoms with Crippen LogP contribution in [0, 0.1) is 11.8 Å². The Balaban J connectivity index is 2.71. The number of nitrogens with zero attached hydrogens (tertiary/aromatic N) is 1. The van der Waals surface area contributed by atoms with E-state index in [-0.39, 0.29) is 25.1 Å². The zero-order chi connectivity index (χ0) is 15.0. The lowest BCUT2D eigenvalue weighted by Gasteiger charge is -2.09. The summed E-state index contributed by atoms with van der Waals surface area (Å²) < 4.78 is 0. The molecule has 0 saturated carbocycles. The zero-order valence-corrected chi connectivity index (χ0v) is 11.4. The van der Waals surface area contributed by atoms with Gasteiger partial charge in [0.2, 0.25) is 5.91 Å². The van der Waals surface area contributed by atoms with Gasteiger partial charge < -0.3 is 15.7 Å². The third-order valence-corrected chi connectivity index (χ3v) is 2.23. The van der Waals surface area contributed by atoms with Gasteiger partial charge in [-0.2, -0.15) is 0 Å². The van der Waals surface area contributed by atoms with Crippen LogP contribution < -0.4 is 10.6 Å². The lowest BCUT2D eigenvalue weighted by Crippen LogP contribution is -2.40. The van der Waals surface area contributed by atoms with Crippen molar-refractivity contribution >= 4 is 11.8 Å². The molecule has 0 unspecified atom stereocenters. The average molecular weight is 275 g/mol. The van der Waals surface area contributed by atoms with Crippen LogP contribution in [-0.4, -0.2) is 41.1 Å². The molecule has 0 spiro atoms. The molecule has 0 aliphatic heterocycles. The molecular formula is C14H17N3O3. The number of hydrogen-bond donors (Lipinski definition) is 3. The van der Waals surface area contributed by atoms with Crippen molar-refractivity contribution in [2.45, 2.75) is 19.9 Å². The summed E-state index contributed by atoms with van der Waals surface area (Å²) in [5.74, 6) is 4.43. The van der Waals surface area contributed by atoms with E-state index in [9.17, 15) is 9.59 Å². The molecule has 106 valence electrons. The summed E-state index contributed by atoms with van der Waals surface area (Å²) in [4.78, 5) is 27.3. The molecule has 0 radical (unpaired) electrons. The molecule has 1 aromatic rings. The van der Waals surface area contributed by atoms with Crippen LogP contribution in [0.2, 0.25) is 0 Å². The molecule has 0 aromatic carbocycles. The number of amides is 2. The summed E-state index contributed by atoms with van der Waals surface area (Å²) in [6.07, 6.45) is 2.90. The number of rotatable bonds is 4. The number of aromatic nitrogens is 1. The predicted molar refractivity (Wildman–Crippen MR) is 73.8 cm³/mol. The summed E-state index contributed by atoms with van der Waals surface area (Å²) in [6.45, 7) is 3.27. The molecule has 0 aliphatic carbocycles. The number of carbonyl (C=O) groups excluding carboxylic acids is 2. The van der Waals surface area contributed by atoms with E-state index in [0.29, 0.717) is 11.1 Å². The Labute approximate surface area is 117 Å². The predicted octanol–water partition coefficient (Wildman–Crippen LogP) is -0.320. The summed E-state index contributed by atoms with van der Waals surface area (Å²) in [7, 11) is 0. The molecule has 1 heterocycles. The van der Waals surface area contributed by atoms with Gasteiger partial charge in [0.15, 0.2) is 0 Å². The average Bonchev–Trinajstić information content (AvgIpc) is 2.42. The van der Waals surface area contributed by atoms with Crippen LogP contribution in [0.4, 0.5) is 0 Å². The number of hydrogen-bond acceptors (Lipinski definition) is 4. The first-order valence-electron chi connectivity index (χ1n) is 6.16. The number of nitrogens with one attached hydrogen (secondary N) is 2. The van der Waals surface area contributed by atoms with Crippen molar-refractivity contribution < 1.29 is 14.7 Å². The standard InChI is InChI=1S/C14H17N3O3/c1-10(2)17-13(19)9-16-14(20)12-5-6-15-8-11(12)4-3-7-18/h5-6,8,10,18H,7,9H2,1-2H3,(H,16,20)(H,17,19). The fourth-order valence-corrected chi connectivity index (χ4v) is 1.46. The second kappa shape index (κ2) is 7.92. The Hall–Kier alpha value is -2.39. The van der Waals surface area contributed by atoms with Gasteiger partial charge in [-0.05, 0) is 19.9 Å². The monoisotopic (exact) mass is 275 g/mol. The van der Waals surface area contributed by atoms with Gasteiger partial charge in [0.25, 0.3) is 5.91 Å². The first-order chi connectivity index (χ1) is 9.54. The third kappa shape index (κ3) is 5.08. The van der Waals surface area contributed by atoms with Crippen molar-refractivity contribution in [2.24, 2.45) is 0 Å². The van der Waals surface area contributed by atoms with Gasteiger partial charge in [0.1, 0.15) is 6.61 Å². The molecule has 1 aromatic heterocycles. The van der Waals surface area contributed by atoms with Crippen molar-refractivity contribution in [3.63, 3.8) is 0 Å². The molecule has 1 rings (SSSR count). The fourth-order valence-electron chi connectivity index (χ4n) is 1.46. The maximum absolute atomic E-state index is 12.0. The Morgan fingerprint density at radius 2 is 2.20 bits per heavy atom. The van der Waals surface area contributed by atoms with Crippen LogP contribution in [0.3, 0.4) is 0 Å². The minimum atomic E-state index is -0.409. The maximum atomic E-state index is 12.0. The van der Waals surface area contributed by atoms with E-state index >= 15 is 0 Å². The van der Waals surface area contributed by atoms with E-state index in [1.165, 1.54) is 18.5 Å². The number of aliphatic hydroxyl groups is 1. The Bertz CT molecular complexity index is 544. The summed E-state index contributed by atoms with van der Waals surface area (Å²) in [5, 5.41) is 13.9. The Morgan fingerprint density at radius 3 is 2.85 bits per heavy atom. The first kappa shape index (κ1) is 15.7. The molecule has 6 heteroatoms. The van der Waals surface area contributed by atoms with E-state index in [1.807, 2.05) is 13.8 Å². The molecule has 0 fully saturated rings. The molecule has 0 bridgehead atoms.